The topological polar surface area (TPSA) is 54.3 Å². The third-order valence-electron chi connectivity index (χ3n) is 2.83. The molecule has 17 heavy (non-hydrogen) atoms. The summed E-state index contributed by atoms with van der Waals surface area (Å²) >= 11 is 1.75. The largest absolute Gasteiger partial charge is 0.464 e. The fourth-order valence-corrected chi connectivity index (χ4v) is 2.33. The number of carbonyl (C=O) groups is 1. The van der Waals surface area contributed by atoms with Gasteiger partial charge in [0.2, 0.25) is 5.91 Å². The first-order chi connectivity index (χ1) is 8.28. The average Bonchev–Trinajstić information content (AvgIpc) is 2.77. The van der Waals surface area contributed by atoms with Gasteiger partial charge in [0.25, 0.3) is 0 Å². The van der Waals surface area contributed by atoms with Crippen molar-refractivity contribution in [1.82, 2.24) is 10.6 Å². The molecule has 2 rings (SSSR count). The fraction of sp³-hybridized carbons (Fsp3) is 0.583. The molecule has 1 aliphatic heterocycles. The van der Waals surface area contributed by atoms with Gasteiger partial charge in [-0.2, -0.15) is 11.8 Å². The summed E-state index contributed by atoms with van der Waals surface area (Å²) in [5, 5.41) is 6.26. The number of rotatable bonds is 5. The number of hydrogen-bond donors (Lipinski definition) is 2. The van der Waals surface area contributed by atoms with Gasteiger partial charge in [-0.15, -0.1) is 0 Å². The van der Waals surface area contributed by atoms with E-state index in [1.54, 1.807) is 11.8 Å². The number of furan rings is 1. The molecule has 0 aromatic carbocycles. The van der Waals surface area contributed by atoms with Gasteiger partial charge in [-0.05, 0) is 24.8 Å². The molecule has 0 radical (unpaired) electrons. The van der Waals surface area contributed by atoms with E-state index in [0.717, 1.165) is 36.8 Å². The summed E-state index contributed by atoms with van der Waals surface area (Å²) < 4.78 is 5.67. The van der Waals surface area contributed by atoms with Crippen LogP contribution in [0, 0.1) is 0 Å². The van der Waals surface area contributed by atoms with Crippen LogP contribution >= 0.6 is 11.8 Å². The van der Waals surface area contributed by atoms with E-state index in [9.17, 15) is 4.79 Å². The van der Waals surface area contributed by atoms with E-state index in [4.69, 9.17) is 4.42 Å². The highest BCUT2D eigenvalue weighted by molar-refractivity contribution is 7.97. The summed E-state index contributed by atoms with van der Waals surface area (Å²) in [5.74, 6) is 3.06. The normalized spacial score (nSPS) is 20.3. The second-order valence-electron chi connectivity index (χ2n) is 4.22. The second kappa shape index (κ2) is 6.12. The Hall–Kier alpha value is -0.940. The van der Waals surface area contributed by atoms with Crippen LogP contribution in [0.5, 0.6) is 0 Å². The number of thioether (sulfide) groups is 1. The SMILES string of the molecule is CSCc1ccc(CNC2CCC(=O)NC2)o1. The maximum absolute atomic E-state index is 11.0. The third kappa shape index (κ3) is 3.78. The standard InChI is InChI=1S/C12H18N2O2S/c1-17-8-11-4-3-10(16-11)7-13-9-2-5-12(15)14-6-9/h3-4,9,13H,2,5-8H2,1H3,(H,14,15). The predicted molar refractivity (Wildman–Crippen MR) is 68.8 cm³/mol. The molecular weight excluding hydrogens is 236 g/mol. The summed E-state index contributed by atoms with van der Waals surface area (Å²) in [4.78, 5) is 11.0. The number of nitrogens with one attached hydrogen (secondary N) is 2. The molecule has 1 aromatic heterocycles. The number of amides is 1. The zero-order chi connectivity index (χ0) is 12.1. The monoisotopic (exact) mass is 254 g/mol. The molecule has 1 aromatic rings. The van der Waals surface area contributed by atoms with Gasteiger partial charge in [-0.3, -0.25) is 4.79 Å². The molecule has 0 aliphatic carbocycles. The molecule has 0 saturated carbocycles. The van der Waals surface area contributed by atoms with Gasteiger partial charge < -0.3 is 15.1 Å². The Kier molecular flexibility index (Phi) is 4.50. The van der Waals surface area contributed by atoms with E-state index in [-0.39, 0.29) is 5.91 Å². The average molecular weight is 254 g/mol. The van der Waals surface area contributed by atoms with Crippen molar-refractivity contribution >= 4 is 17.7 Å². The Bertz CT molecular complexity index is 368. The van der Waals surface area contributed by atoms with Gasteiger partial charge in [-0.25, -0.2) is 0 Å². The Labute approximate surface area is 106 Å². The first-order valence-corrected chi connectivity index (χ1v) is 7.24. The lowest BCUT2D eigenvalue weighted by Gasteiger charge is -2.23. The molecule has 2 N–H and O–H groups in total. The van der Waals surface area contributed by atoms with Crippen molar-refractivity contribution in [2.75, 3.05) is 12.8 Å². The number of piperidine rings is 1. The zero-order valence-corrected chi connectivity index (χ0v) is 10.8. The fourth-order valence-electron chi connectivity index (χ4n) is 1.89. The van der Waals surface area contributed by atoms with Crippen molar-refractivity contribution in [3.05, 3.63) is 23.7 Å². The van der Waals surface area contributed by atoms with Crippen LogP contribution in [-0.4, -0.2) is 24.7 Å². The highest BCUT2D eigenvalue weighted by atomic mass is 32.2. The van der Waals surface area contributed by atoms with Crippen molar-refractivity contribution in [2.24, 2.45) is 0 Å². The highest BCUT2D eigenvalue weighted by Gasteiger charge is 2.17. The lowest BCUT2D eigenvalue weighted by Crippen LogP contribution is -2.45. The van der Waals surface area contributed by atoms with Crippen LogP contribution in [0.15, 0.2) is 16.5 Å². The van der Waals surface area contributed by atoms with Gasteiger partial charge in [-0.1, -0.05) is 0 Å². The van der Waals surface area contributed by atoms with E-state index in [1.807, 2.05) is 12.1 Å². The maximum atomic E-state index is 11.0. The minimum Gasteiger partial charge on any atom is -0.464 e. The molecular formula is C12H18N2O2S. The predicted octanol–water partition coefficient (Wildman–Crippen LogP) is 1.51. The molecule has 5 heteroatoms. The van der Waals surface area contributed by atoms with E-state index >= 15 is 0 Å². The van der Waals surface area contributed by atoms with Crippen molar-refractivity contribution in [1.29, 1.82) is 0 Å². The van der Waals surface area contributed by atoms with Gasteiger partial charge in [0, 0.05) is 19.0 Å². The van der Waals surface area contributed by atoms with E-state index in [1.165, 1.54) is 0 Å². The maximum Gasteiger partial charge on any atom is 0.220 e. The van der Waals surface area contributed by atoms with Gasteiger partial charge in [0.1, 0.15) is 11.5 Å². The summed E-state index contributed by atoms with van der Waals surface area (Å²) in [7, 11) is 0. The Morgan fingerprint density at radius 2 is 2.35 bits per heavy atom. The lowest BCUT2D eigenvalue weighted by molar-refractivity contribution is -0.122. The number of hydrogen-bond acceptors (Lipinski definition) is 4. The van der Waals surface area contributed by atoms with Crippen molar-refractivity contribution < 1.29 is 9.21 Å². The van der Waals surface area contributed by atoms with E-state index in [0.29, 0.717) is 12.5 Å². The summed E-state index contributed by atoms with van der Waals surface area (Å²) in [5.41, 5.74) is 0. The summed E-state index contributed by atoms with van der Waals surface area (Å²) in [6.45, 7) is 1.45. The lowest BCUT2D eigenvalue weighted by atomic mass is 10.1. The van der Waals surface area contributed by atoms with E-state index < -0.39 is 0 Å². The second-order valence-corrected chi connectivity index (χ2v) is 5.09. The van der Waals surface area contributed by atoms with Crippen molar-refractivity contribution in [3.63, 3.8) is 0 Å². The molecule has 2 heterocycles. The van der Waals surface area contributed by atoms with Crippen LogP contribution in [-0.2, 0) is 17.1 Å². The first kappa shape index (κ1) is 12.5. The van der Waals surface area contributed by atoms with Crippen LogP contribution in [0.2, 0.25) is 0 Å². The van der Waals surface area contributed by atoms with Crippen LogP contribution in [0.25, 0.3) is 0 Å². The molecule has 1 amide bonds. The Morgan fingerprint density at radius 3 is 3.06 bits per heavy atom. The zero-order valence-electron chi connectivity index (χ0n) is 9.99. The molecule has 1 fully saturated rings. The molecule has 0 spiro atoms. The van der Waals surface area contributed by atoms with Crippen LogP contribution in [0.1, 0.15) is 24.4 Å². The molecule has 94 valence electrons. The molecule has 1 saturated heterocycles. The van der Waals surface area contributed by atoms with Gasteiger partial charge >= 0.3 is 0 Å². The molecule has 1 atom stereocenters. The van der Waals surface area contributed by atoms with Crippen LogP contribution < -0.4 is 10.6 Å². The summed E-state index contributed by atoms with van der Waals surface area (Å²) in [6, 6.07) is 4.40. The smallest absolute Gasteiger partial charge is 0.220 e. The quantitative estimate of drug-likeness (QED) is 0.836. The van der Waals surface area contributed by atoms with Crippen molar-refractivity contribution in [3.8, 4) is 0 Å². The molecule has 1 aliphatic rings. The van der Waals surface area contributed by atoms with E-state index in [2.05, 4.69) is 16.9 Å². The Morgan fingerprint density at radius 1 is 1.53 bits per heavy atom. The highest BCUT2D eigenvalue weighted by Crippen LogP contribution is 2.13. The summed E-state index contributed by atoms with van der Waals surface area (Å²) in [6.07, 6.45) is 3.59. The van der Waals surface area contributed by atoms with Gasteiger partial charge in [0.15, 0.2) is 0 Å². The van der Waals surface area contributed by atoms with Gasteiger partial charge in [0.05, 0.1) is 12.3 Å². The van der Waals surface area contributed by atoms with Crippen molar-refractivity contribution in [2.45, 2.75) is 31.2 Å². The first-order valence-electron chi connectivity index (χ1n) is 5.84. The minimum atomic E-state index is 0.156. The van der Waals surface area contributed by atoms with Crippen LogP contribution in [0.3, 0.4) is 0 Å². The third-order valence-corrected chi connectivity index (χ3v) is 3.41. The Balaban J connectivity index is 1.75. The molecule has 4 nitrogen and oxygen atoms in total. The molecule has 0 bridgehead atoms. The number of carbonyl (C=O) groups excluding carboxylic acids is 1. The minimum absolute atomic E-state index is 0.156. The molecule has 1 unspecified atom stereocenters. The van der Waals surface area contributed by atoms with Crippen LogP contribution in [0.4, 0.5) is 0 Å².